The summed E-state index contributed by atoms with van der Waals surface area (Å²) in [6, 6.07) is 34.4. The fourth-order valence-electron chi connectivity index (χ4n) is 14.1. The molecule has 5 aromatic carbocycles. The average Bonchev–Trinajstić information content (AvgIpc) is 3.61. The van der Waals surface area contributed by atoms with E-state index in [-0.39, 0.29) is 42.2 Å². The number of nitrogens with two attached hydrogens (primary N) is 1. The smallest absolute Gasteiger partial charge is 0.290 e. The maximum Gasteiger partial charge on any atom is 0.290 e. The second kappa shape index (κ2) is 24.5. The predicted octanol–water partition coefficient (Wildman–Crippen LogP) is 9.94. The SMILES string of the molecule is CNC(C(=O)N1CCC[C@@H]1c1ncc(-c2ccc(-c3ccc(-c4ccc5nc([C@@H]6CC7(CN6C(=O)Cc6ccccc6)OCCO7)[nH]c5c4)c4c3OC3(CCCC3)O4)c3c2CC2(CCCC2)C3)[nH]1)c1ccccc1.COC.NC=O.O=CO. The van der Waals surface area contributed by atoms with Gasteiger partial charge in [0.1, 0.15) is 17.7 Å². The first kappa shape index (κ1) is 56.9. The Kier molecular flexibility index (Phi) is 16.8. The number of H-pyrrole nitrogens is 2. The third kappa shape index (κ3) is 11.2. The number of aromatic nitrogens is 4. The molecule has 3 saturated heterocycles. The first-order valence-electron chi connectivity index (χ1n) is 29.0. The molecule has 3 aliphatic carbocycles. The van der Waals surface area contributed by atoms with Gasteiger partial charge in [-0.15, -0.1) is 0 Å². The molecule has 3 atom stereocenters. The van der Waals surface area contributed by atoms with E-state index in [1.807, 2.05) is 83.7 Å². The van der Waals surface area contributed by atoms with E-state index in [1.54, 1.807) is 14.2 Å². The molecule has 1 unspecified atom stereocenters. The largest absolute Gasteiger partial charge is 0.483 e. The quantitative estimate of drug-likeness (QED) is 0.0803. The molecule has 6 N–H and O–H groups in total. The van der Waals surface area contributed by atoms with Gasteiger partial charge in [-0.2, -0.15) is 0 Å². The number of imidazole rings is 2. The first-order valence-corrected chi connectivity index (χ1v) is 29.0. The van der Waals surface area contributed by atoms with Crippen LogP contribution in [0, 0.1) is 5.41 Å². The molecule has 5 fully saturated rings. The topological polar surface area (TPSA) is 237 Å². The van der Waals surface area contributed by atoms with Crippen molar-refractivity contribution in [3.05, 3.63) is 143 Å². The molecule has 18 nitrogen and oxygen atoms in total. The van der Waals surface area contributed by atoms with Gasteiger partial charge in [0, 0.05) is 56.7 Å². The number of carbonyl (C=O) groups excluding carboxylic acids is 3. The van der Waals surface area contributed by atoms with Crippen molar-refractivity contribution in [2.45, 2.75) is 120 Å². The third-order valence-corrected chi connectivity index (χ3v) is 17.7. The number of nitrogens with one attached hydrogen (secondary N) is 3. The highest BCUT2D eigenvalue weighted by Gasteiger charge is 2.52. The lowest BCUT2D eigenvalue weighted by atomic mass is 9.82. The molecule has 4 aliphatic heterocycles. The molecule has 6 heterocycles. The summed E-state index contributed by atoms with van der Waals surface area (Å²) in [7, 11) is 5.11. The lowest BCUT2D eigenvalue weighted by Crippen LogP contribution is -2.39. The Morgan fingerprint density at radius 1 is 0.771 bits per heavy atom. The second-order valence-corrected chi connectivity index (χ2v) is 22.8. The molecule has 3 spiro atoms. The Labute approximate surface area is 483 Å². The highest BCUT2D eigenvalue weighted by molar-refractivity contribution is 5.90. The monoisotopic (exact) mass is 1130 g/mol. The van der Waals surface area contributed by atoms with Crippen molar-refractivity contribution >= 4 is 35.7 Å². The highest BCUT2D eigenvalue weighted by atomic mass is 16.7. The first-order chi connectivity index (χ1) is 40.5. The van der Waals surface area contributed by atoms with Crippen LogP contribution in [-0.2, 0) is 52.7 Å². The van der Waals surface area contributed by atoms with E-state index in [9.17, 15) is 9.59 Å². The number of primary amides is 1. The van der Waals surface area contributed by atoms with Crippen LogP contribution in [0.25, 0.3) is 44.5 Å². The zero-order chi connectivity index (χ0) is 57.7. The molecule has 434 valence electrons. The van der Waals surface area contributed by atoms with Crippen molar-refractivity contribution in [2.75, 3.05) is 47.6 Å². The summed E-state index contributed by atoms with van der Waals surface area (Å²) in [5.74, 6) is 1.76. The van der Waals surface area contributed by atoms with Gasteiger partial charge >= 0.3 is 0 Å². The van der Waals surface area contributed by atoms with Crippen LogP contribution in [0.3, 0.4) is 0 Å². The molecular weight excluding hydrogens is 1050 g/mol. The minimum absolute atomic E-state index is 0.0177. The van der Waals surface area contributed by atoms with E-state index in [0.29, 0.717) is 39.1 Å². The summed E-state index contributed by atoms with van der Waals surface area (Å²) in [6.07, 6.45) is 15.7. The van der Waals surface area contributed by atoms with Gasteiger partial charge in [-0.1, -0.05) is 91.7 Å². The molecule has 0 bridgehead atoms. The maximum absolute atomic E-state index is 14.2. The standard InChI is InChI=1S/C61H63N7O6.C2H6O.CH3NO.CH2O2/c1-62-53(39-15-6-3-7-16-39)58(70)67-28-12-17-50(67)56-63-36-49(66-56)43-21-20-42(45-33-59(34-46(43)45)24-8-9-25-59)44-22-19-41(54-55(44)74-60(73-54)26-10-11-27-60)40-18-23-47-48(32-40)65-57(64-47)51-35-61(71-29-30-72-61)37-68(51)52(69)31-38-13-4-2-5-14-38;1-3-2;2*2-1-3/h2-7,13-16,18-23,32,36,50-51,53,62H,8-12,17,24-31,33-35,37H2,1H3,(H,63,66)(H,64,65);1-2H3;1H,(H2,2,3);1H,(H,2,3)/t50-,51+,53?;;;/m1.../s1. The Morgan fingerprint density at radius 2 is 1.39 bits per heavy atom. The summed E-state index contributed by atoms with van der Waals surface area (Å²) in [5, 5.41) is 10.2. The number of ether oxygens (including phenoxy) is 5. The normalized spacial score (nSPS) is 20.4. The van der Waals surface area contributed by atoms with Crippen molar-refractivity contribution in [3.63, 3.8) is 0 Å². The Bertz CT molecular complexity index is 3430. The molecule has 18 heteroatoms. The van der Waals surface area contributed by atoms with Crippen LogP contribution >= 0.6 is 0 Å². The summed E-state index contributed by atoms with van der Waals surface area (Å²) >= 11 is 0. The van der Waals surface area contributed by atoms with Crippen molar-refractivity contribution in [1.82, 2.24) is 35.1 Å². The van der Waals surface area contributed by atoms with Crippen molar-refractivity contribution in [3.8, 4) is 45.0 Å². The summed E-state index contributed by atoms with van der Waals surface area (Å²) < 4.78 is 30.9. The Balaban J connectivity index is 0.000000755. The van der Waals surface area contributed by atoms with Gasteiger partial charge in [0.15, 0.2) is 17.3 Å². The van der Waals surface area contributed by atoms with Crippen molar-refractivity contribution < 1.29 is 48.0 Å². The van der Waals surface area contributed by atoms with Crippen LogP contribution in [0.5, 0.6) is 11.5 Å². The van der Waals surface area contributed by atoms with Gasteiger partial charge < -0.3 is 59.6 Å². The van der Waals surface area contributed by atoms with Crippen molar-refractivity contribution in [2.24, 2.45) is 11.1 Å². The number of hydrogen-bond donors (Lipinski definition) is 5. The number of rotatable bonds is 10. The lowest BCUT2D eigenvalue weighted by Gasteiger charge is -2.28. The van der Waals surface area contributed by atoms with Crippen LogP contribution in [0.2, 0.25) is 0 Å². The van der Waals surface area contributed by atoms with Crippen LogP contribution in [0.15, 0.2) is 109 Å². The minimum Gasteiger partial charge on any atom is -0.483 e. The van der Waals surface area contributed by atoms with Gasteiger partial charge in [0.25, 0.3) is 12.3 Å². The number of aromatic amines is 2. The fraction of sp³-hybridized carbons (Fsp3) is 0.415. The average molecular weight is 1130 g/mol. The molecule has 0 radical (unpaired) electrons. The number of carbonyl (C=O) groups is 4. The number of likely N-dealkylation sites (tertiary alicyclic amines) is 2. The molecular formula is C65H74N8O10. The van der Waals surface area contributed by atoms with E-state index in [0.717, 1.165) is 119 Å². The fourth-order valence-corrected chi connectivity index (χ4v) is 14.1. The zero-order valence-corrected chi connectivity index (χ0v) is 47.5. The summed E-state index contributed by atoms with van der Waals surface area (Å²) in [6.45, 7) is 1.83. The molecule has 2 saturated carbocycles. The van der Waals surface area contributed by atoms with E-state index in [4.69, 9.17) is 43.6 Å². The van der Waals surface area contributed by atoms with Gasteiger partial charge in [-0.25, -0.2) is 9.97 Å². The van der Waals surface area contributed by atoms with Crippen LogP contribution in [-0.4, -0.2) is 119 Å². The Hall–Kier alpha value is -7.90. The van der Waals surface area contributed by atoms with E-state index < -0.39 is 17.6 Å². The molecule has 7 aliphatic rings. The number of benzene rings is 5. The van der Waals surface area contributed by atoms with E-state index in [2.05, 4.69) is 68.2 Å². The molecule has 83 heavy (non-hydrogen) atoms. The third-order valence-electron chi connectivity index (χ3n) is 17.7. The van der Waals surface area contributed by atoms with Gasteiger partial charge in [0.2, 0.25) is 18.2 Å². The van der Waals surface area contributed by atoms with E-state index in [1.165, 1.54) is 47.9 Å². The van der Waals surface area contributed by atoms with Crippen LogP contribution < -0.4 is 20.5 Å². The minimum atomic E-state index is -0.836. The van der Waals surface area contributed by atoms with Gasteiger partial charge in [-0.05, 0) is 121 Å². The van der Waals surface area contributed by atoms with E-state index >= 15 is 0 Å². The predicted molar refractivity (Wildman–Crippen MR) is 313 cm³/mol. The van der Waals surface area contributed by atoms with Gasteiger partial charge in [-0.3, -0.25) is 19.2 Å². The summed E-state index contributed by atoms with van der Waals surface area (Å²) in [4.78, 5) is 66.6. The lowest BCUT2D eigenvalue weighted by molar-refractivity contribution is -0.152. The number of likely N-dealkylation sites (N-methyl/N-ethyl adjacent to an activating group) is 1. The van der Waals surface area contributed by atoms with Gasteiger partial charge in [0.05, 0.1) is 61.2 Å². The molecule has 2 aromatic heterocycles. The van der Waals surface area contributed by atoms with Crippen LogP contribution in [0.4, 0.5) is 0 Å². The molecule has 14 rings (SSSR count). The highest BCUT2D eigenvalue weighted by Crippen LogP contribution is 2.58. The second-order valence-electron chi connectivity index (χ2n) is 22.8. The number of carboxylic acid groups (broad SMARTS) is 1. The molecule has 7 aromatic rings. The number of nitrogens with zero attached hydrogens (tertiary/aromatic N) is 4. The Morgan fingerprint density at radius 3 is 2.07 bits per heavy atom. The van der Waals surface area contributed by atoms with Crippen molar-refractivity contribution in [1.29, 1.82) is 0 Å². The number of hydrogen-bond acceptors (Lipinski definition) is 12. The number of amides is 3. The zero-order valence-electron chi connectivity index (χ0n) is 47.5. The molecule has 3 amide bonds. The van der Waals surface area contributed by atoms with Crippen LogP contribution in [0.1, 0.15) is 123 Å². The summed E-state index contributed by atoms with van der Waals surface area (Å²) in [5.41, 5.74) is 17.3. The number of fused-ring (bicyclic) bond motifs is 3. The number of methoxy groups -OCH3 is 1. The maximum atomic E-state index is 14.2.